The molecule has 0 spiro atoms. The summed E-state index contributed by atoms with van der Waals surface area (Å²) in [4.78, 5) is 39.7. The standard InChI is InChI=1S/C25H29ClN4O5/c1-15-7-6-8-18(26)21(15)29-23(33)22(17-9-10-19(31)16(2)13-17)30(12-11-27)20(32)14-28-24(34)35-25(3,4)5/h6-10,13,22,31H,12,14H2,1-5H3,(H,28,34)(H,29,33). The molecule has 0 fully saturated rings. The third-order valence-corrected chi connectivity index (χ3v) is 5.23. The van der Waals surface area contributed by atoms with Gasteiger partial charge in [-0.25, -0.2) is 4.79 Å². The summed E-state index contributed by atoms with van der Waals surface area (Å²) in [5.41, 5.74) is 1.15. The molecule has 0 saturated carbocycles. The number of carbonyl (C=O) groups excluding carboxylic acids is 3. The van der Waals surface area contributed by atoms with Gasteiger partial charge in [0.25, 0.3) is 5.91 Å². The van der Waals surface area contributed by atoms with Crippen LogP contribution in [0.2, 0.25) is 5.02 Å². The van der Waals surface area contributed by atoms with Crippen molar-refractivity contribution in [2.24, 2.45) is 0 Å². The van der Waals surface area contributed by atoms with Crippen molar-refractivity contribution in [2.45, 2.75) is 46.3 Å². The van der Waals surface area contributed by atoms with E-state index in [0.29, 0.717) is 27.4 Å². The van der Waals surface area contributed by atoms with Gasteiger partial charge in [-0.05, 0) is 69.5 Å². The number of aryl methyl sites for hydroxylation is 2. The molecule has 35 heavy (non-hydrogen) atoms. The lowest BCUT2D eigenvalue weighted by atomic mass is 10.0. The van der Waals surface area contributed by atoms with Crippen molar-refractivity contribution in [3.8, 4) is 11.8 Å². The van der Waals surface area contributed by atoms with Crippen LogP contribution in [0.5, 0.6) is 5.75 Å². The van der Waals surface area contributed by atoms with Gasteiger partial charge in [0.05, 0.1) is 16.8 Å². The van der Waals surface area contributed by atoms with E-state index in [-0.39, 0.29) is 5.75 Å². The zero-order valence-corrected chi connectivity index (χ0v) is 21.1. The van der Waals surface area contributed by atoms with Crippen molar-refractivity contribution in [1.29, 1.82) is 5.26 Å². The molecule has 3 N–H and O–H groups in total. The smallest absolute Gasteiger partial charge is 0.408 e. The number of amides is 3. The number of aromatic hydroxyl groups is 1. The van der Waals surface area contributed by atoms with Crippen LogP contribution in [-0.2, 0) is 14.3 Å². The Bertz CT molecular complexity index is 1130. The van der Waals surface area contributed by atoms with Crippen LogP contribution in [0.1, 0.15) is 43.5 Å². The molecule has 2 aromatic rings. The number of hydrogen-bond acceptors (Lipinski definition) is 6. The number of benzene rings is 2. The summed E-state index contributed by atoms with van der Waals surface area (Å²) < 4.78 is 5.15. The molecule has 0 bridgehead atoms. The first-order valence-electron chi connectivity index (χ1n) is 10.8. The van der Waals surface area contributed by atoms with Crippen LogP contribution in [0.15, 0.2) is 36.4 Å². The molecule has 0 aliphatic rings. The lowest BCUT2D eigenvalue weighted by Crippen LogP contribution is -2.46. The molecule has 9 nitrogen and oxygen atoms in total. The van der Waals surface area contributed by atoms with Crippen LogP contribution in [0, 0.1) is 25.2 Å². The van der Waals surface area contributed by atoms with Crippen LogP contribution < -0.4 is 10.6 Å². The van der Waals surface area contributed by atoms with Gasteiger partial charge in [0, 0.05) is 0 Å². The molecule has 0 heterocycles. The SMILES string of the molecule is Cc1cc(C(C(=O)Nc2c(C)cccc2Cl)N(CC#N)C(=O)CNC(=O)OC(C)(C)C)ccc1O. The summed E-state index contributed by atoms with van der Waals surface area (Å²) in [6.07, 6.45) is -0.809. The summed E-state index contributed by atoms with van der Waals surface area (Å²) >= 11 is 6.27. The van der Waals surface area contributed by atoms with Crippen LogP contribution in [0.25, 0.3) is 0 Å². The van der Waals surface area contributed by atoms with Crippen molar-refractivity contribution in [2.75, 3.05) is 18.4 Å². The summed E-state index contributed by atoms with van der Waals surface area (Å²) in [6, 6.07) is 10.2. The van der Waals surface area contributed by atoms with Crippen molar-refractivity contribution >= 4 is 35.2 Å². The zero-order valence-electron chi connectivity index (χ0n) is 20.3. The second-order valence-electron chi connectivity index (χ2n) is 8.90. The van der Waals surface area contributed by atoms with Gasteiger partial charge in [0.15, 0.2) is 0 Å². The Morgan fingerprint density at radius 3 is 2.43 bits per heavy atom. The van der Waals surface area contributed by atoms with Gasteiger partial charge in [-0.1, -0.05) is 29.8 Å². The number of phenols is 1. The fourth-order valence-corrected chi connectivity index (χ4v) is 3.54. The average molecular weight is 501 g/mol. The van der Waals surface area contributed by atoms with E-state index in [4.69, 9.17) is 16.3 Å². The van der Waals surface area contributed by atoms with E-state index in [0.717, 1.165) is 4.90 Å². The molecule has 186 valence electrons. The van der Waals surface area contributed by atoms with Crippen LogP contribution in [-0.4, -0.2) is 46.6 Å². The number of nitrogens with one attached hydrogen (secondary N) is 2. The highest BCUT2D eigenvalue weighted by Gasteiger charge is 2.32. The van der Waals surface area contributed by atoms with Gasteiger partial charge in [-0.3, -0.25) is 9.59 Å². The lowest BCUT2D eigenvalue weighted by molar-refractivity contribution is -0.137. The van der Waals surface area contributed by atoms with E-state index in [1.54, 1.807) is 58.9 Å². The Balaban J connectivity index is 2.42. The van der Waals surface area contributed by atoms with Crippen LogP contribution in [0.3, 0.4) is 0 Å². The minimum Gasteiger partial charge on any atom is -0.508 e. The molecular weight excluding hydrogens is 472 g/mol. The molecule has 0 aliphatic heterocycles. The van der Waals surface area contributed by atoms with Crippen LogP contribution in [0.4, 0.5) is 10.5 Å². The molecule has 0 aliphatic carbocycles. The van der Waals surface area contributed by atoms with E-state index >= 15 is 0 Å². The largest absolute Gasteiger partial charge is 0.508 e. The highest BCUT2D eigenvalue weighted by Crippen LogP contribution is 2.30. The fraction of sp³-hybridized carbons (Fsp3) is 0.360. The second-order valence-corrected chi connectivity index (χ2v) is 9.31. The van der Waals surface area contributed by atoms with Gasteiger partial charge in [-0.15, -0.1) is 0 Å². The predicted molar refractivity (Wildman–Crippen MR) is 132 cm³/mol. The molecule has 0 aromatic heterocycles. The van der Waals surface area contributed by atoms with Gasteiger partial charge in [-0.2, -0.15) is 5.26 Å². The van der Waals surface area contributed by atoms with Crippen molar-refractivity contribution < 1.29 is 24.2 Å². The van der Waals surface area contributed by atoms with Gasteiger partial charge >= 0.3 is 6.09 Å². The third kappa shape index (κ3) is 7.62. The minimum atomic E-state index is -1.25. The molecule has 1 unspecified atom stereocenters. The molecular formula is C25H29ClN4O5. The normalized spacial score (nSPS) is 11.7. The first-order valence-corrected chi connectivity index (χ1v) is 11.2. The lowest BCUT2D eigenvalue weighted by Gasteiger charge is -2.30. The molecule has 0 saturated heterocycles. The molecule has 2 aromatic carbocycles. The molecule has 2 rings (SSSR count). The number of anilines is 1. The number of phenolic OH excluding ortho intramolecular Hbond substituents is 1. The predicted octanol–water partition coefficient (Wildman–Crippen LogP) is 4.22. The second kappa shape index (κ2) is 11.6. The van der Waals surface area contributed by atoms with E-state index in [1.807, 2.05) is 6.07 Å². The van der Waals surface area contributed by atoms with E-state index in [1.165, 1.54) is 12.1 Å². The van der Waals surface area contributed by atoms with Crippen molar-refractivity contribution in [3.05, 3.63) is 58.1 Å². The molecule has 10 heteroatoms. The highest BCUT2D eigenvalue weighted by atomic mass is 35.5. The van der Waals surface area contributed by atoms with Crippen LogP contribution >= 0.6 is 11.6 Å². The van der Waals surface area contributed by atoms with E-state index in [9.17, 15) is 24.8 Å². The molecule has 1 atom stereocenters. The maximum atomic E-state index is 13.5. The first-order chi connectivity index (χ1) is 16.3. The number of ether oxygens (including phenoxy) is 1. The summed E-state index contributed by atoms with van der Waals surface area (Å²) in [7, 11) is 0. The molecule has 3 amide bonds. The maximum Gasteiger partial charge on any atom is 0.408 e. The first kappa shape index (κ1) is 27.5. The minimum absolute atomic E-state index is 0.0135. The topological polar surface area (TPSA) is 132 Å². The zero-order chi connectivity index (χ0) is 26.3. The van der Waals surface area contributed by atoms with Crippen molar-refractivity contribution in [3.63, 3.8) is 0 Å². The van der Waals surface area contributed by atoms with Gasteiger partial charge < -0.3 is 25.4 Å². The number of para-hydroxylation sites is 1. The molecule has 0 radical (unpaired) electrons. The third-order valence-electron chi connectivity index (χ3n) is 4.91. The summed E-state index contributed by atoms with van der Waals surface area (Å²) in [5, 5.41) is 24.8. The van der Waals surface area contributed by atoms with E-state index < -0.39 is 42.6 Å². The number of alkyl carbamates (subject to hydrolysis) is 1. The van der Waals surface area contributed by atoms with Crippen molar-refractivity contribution in [1.82, 2.24) is 10.2 Å². The average Bonchev–Trinajstić information content (AvgIpc) is 2.75. The monoisotopic (exact) mass is 500 g/mol. The number of rotatable bonds is 7. The number of nitriles is 1. The Hall–Kier alpha value is -3.77. The fourth-order valence-electron chi connectivity index (χ4n) is 3.27. The Morgan fingerprint density at radius 1 is 1.17 bits per heavy atom. The number of nitrogens with zero attached hydrogens (tertiary/aromatic N) is 2. The maximum absolute atomic E-state index is 13.5. The summed E-state index contributed by atoms with van der Waals surface area (Å²) in [6.45, 7) is 7.52. The number of halogens is 1. The highest BCUT2D eigenvalue weighted by molar-refractivity contribution is 6.34. The van der Waals surface area contributed by atoms with Gasteiger partial charge in [0.1, 0.15) is 30.5 Å². The number of carbonyl (C=O) groups is 3. The quantitative estimate of drug-likeness (QED) is 0.488. The Morgan fingerprint density at radius 2 is 1.86 bits per heavy atom. The Labute approximate surface area is 209 Å². The number of hydrogen-bond donors (Lipinski definition) is 3. The summed E-state index contributed by atoms with van der Waals surface area (Å²) in [5.74, 6) is -1.29. The van der Waals surface area contributed by atoms with Gasteiger partial charge in [0.2, 0.25) is 5.91 Å². The van der Waals surface area contributed by atoms with E-state index in [2.05, 4.69) is 10.6 Å². The Kier molecular flexibility index (Phi) is 9.09.